The molecule has 1 aliphatic heterocycles. The maximum Gasteiger partial charge on any atom is 0.191 e. The number of nitrogens with one attached hydrogen (secondary N) is 2. The topological polar surface area (TPSA) is 53.8 Å². The van der Waals surface area contributed by atoms with Crippen molar-refractivity contribution in [2.45, 2.75) is 19.9 Å². The van der Waals surface area contributed by atoms with Gasteiger partial charge in [0.15, 0.2) is 5.96 Å². The maximum atomic E-state index is 6.00. The van der Waals surface area contributed by atoms with Gasteiger partial charge in [0, 0.05) is 45.1 Å². The summed E-state index contributed by atoms with van der Waals surface area (Å²) < 4.78 is 7.37. The highest BCUT2D eigenvalue weighted by Crippen LogP contribution is 2.13. The number of aliphatic imine (C=N–C) groups is 1. The first-order valence-corrected chi connectivity index (χ1v) is 8.70. The van der Waals surface area contributed by atoms with Gasteiger partial charge in [-0.3, -0.25) is 4.90 Å². The Balaban J connectivity index is 1.74. The van der Waals surface area contributed by atoms with Crippen LogP contribution in [0.5, 0.6) is 0 Å². The molecule has 0 aromatic carbocycles. The van der Waals surface area contributed by atoms with Crippen LogP contribution >= 0.6 is 11.6 Å². The number of rotatable bonds is 7. The highest BCUT2D eigenvalue weighted by Gasteiger charge is 2.09. The van der Waals surface area contributed by atoms with Crippen molar-refractivity contribution in [2.75, 3.05) is 45.9 Å². The Morgan fingerprint density at radius 3 is 2.78 bits per heavy atom. The average Bonchev–Trinajstić information content (AvgIpc) is 2.87. The normalized spacial score (nSPS) is 16.6. The van der Waals surface area contributed by atoms with Gasteiger partial charge >= 0.3 is 0 Å². The summed E-state index contributed by atoms with van der Waals surface area (Å²) in [6, 6.07) is 1.95. The molecular weight excluding hydrogens is 314 g/mol. The second kappa shape index (κ2) is 9.80. The molecule has 1 aliphatic rings. The minimum absolute atomic E-state index is 0.613. The number of guanidine groups is 1. The molecule has 0 radical (unpaired) electrons. The maximum absolute atomic E-state index is 6.00. The second-order valence-corrected chi connectivity index (χ2v) is 6.13. The van der Waals surface area contributed by atoms with Gasteiger partial charge in [-0.05, 0) is 26.0 Å². The summed E-state index contributed by atoms with van der Waals surface area (Å²) >= 11 is 6.00. The Bertz CT molecular complexity index is 497. The molecule has 1 aromatic heterocycles. The fraction of sp³-hybridized carbons (Fsp3) is 0.688. The minimum atomic E-state index is 0.613. The second-order valence-electron chi connectivity index (χ2n) is 5.69. The van der Waals surface area contributed by atoms with Crippen molar-refractivity contribution >= 4 is 17.6 Å². The molecule has 7 heteroatoms. The van der Waals surface area contributed by atoms with Gasteiger partial charge in [-0.2, -0.15) is 0 Å². The van der Waals surface area contributed by atoms with E-state index in [1.54, 1.807) is 0 Å². The summed E-state index contributed by atoms with van der Waals surface area (Å²) in [5.74, 6) is 0.854. The molecule has 2 rings (SSSR count). The molecule has 0 saturated carbocycles. The summed E-state index contributed by atoms with van der Waals surface area (Å²) in [5.41, 5.74) is 1.10. The van der Waals surface area contributed by atoms with E-state index in [9.17, 15) is 0 Å². The van der Waals surface area contributed by atoms with Gasteiger partial charge < -0.3 is 19.9 Å². The zero-order chi connectivity index (χ0) is 16.5. The number of morpholine rings is 1. The lowest BCUT2D eigenvalue weighted by Crippen LogP contribution is -2.40. The van der Waals surface area contributed by atoms with Crippen LogP contribution in [0.25, 0.3) is 0 Å². The third-order valence-corrected chi connectivity index (χ3v) is 4.07. The van der Waals surface area contributed by atoms with Crippen molar-refractivity contribution in [1.82, 2.24) is 20.1 Å². The molecule has 0 amide bonds. The van der Waals surface area contributed by atoms with E-state index in [1.807, 2.05) is 23.9 Å². The molecule has 2 N–H and O–H groups in total. The van der Waals surface area contributed by atoms with Crippen molar-refractivity contribution < 1.29 is 4.74 Å². The molecule has 2 heterocycles. The van der Waals surface area contributed by atoms with Crippen LogP contribution in [0.15, 0.2) is 17.3 Å². The summed E-state index contributed by atoms with van der Waals surface area (Å²) in [4.78, 5) is 7.07. The largest absolute Gasteiger partial charge is 0.379 e. The van der Waals surface area contributed by atoms with Crippen LogP contribution in [-0.4, -0.2) is 61.4 Å². The number of aryl methyl sites for hydroxylation is 1. The molecule has 0 spiro atoms. The van der Waals surface area contributed by atoms with Crippen molar-refractivity contribution in [3.05, 3.63) is 23.0 Å². The molecule has 1 aromatic rings. The zero-order valence-corrected chi connectivity index (χ0v) is 14.9. The first kappa shape index (κ1) is 18.1. The van der Waals surface area contributed by atoms with Crippen LogP contribution in [0, 0.1) is 0 Å². The van der Waals surface area contributed by atoms with Crippen LogP contribution in [0.4, 0.5) is 0 Å². The van der Waals surface area contributed by atoms with Crippen LogP contribution in [0.1, 0.15) is 19.0 Å². The number of aromatic nitrogens is 1. The smallest absolute Gasteiger partial charge is 0.191 e. The Kier molecular flexibility index (Phi) is 7.71. The van der Waals surface area contributed by atoms with Gasteiger partial charge in [0.05, 0.1) is 24.8 Å². The number of hydrogen-bond acceptors (Lipinski definition) is 3. The Morgan fingerprint density at radius 2 is 2.13 bits per heavy atom. The summed E-state index contributed by atoms with van der Waals surface area (Å²) in [6.07, 6.45) is 3.00. The lowest BCUT2D eigenvalue weighted by atomic mass is 10.3. The van der Waals surface area contributed by atoms with Crippen molar-refractivity contribution in [1.29, 1.82) is 0 Å². The SMILES string of the molecule is CCNC(=NCc1cc(Cl)cn1C)NCCCN1CCOCC1. The minimum Gasteiger partial charge on any atom is -0.379 e. The van der Waals surface area contributed by atoms with Gasteiger partial charge in [0.1, 0.15) is 0 Å². The predicted molar refractivity (Wildman–Crippen MR) is 95.1 cm³/mol. The van der Waals surface area contributed by atoms with Crippen LogP contribution < -0.4 is 10.6 Å². The lowest BCUT2D eigenvalue weighted by Gasteiger charge is -2.26. The Morgan fingerprint density at radius 1 is 1.35 bits per heavy atom. The van der Waals surface area contributed by atoms with Crippen molar-refractivity contribution in [3.63, 3.8) is 0 Å². The first-order chi connectivity index (χ1) is 11.2. The van der Waals surface area contributed by atoms with Gasteiger partial charge in [0.2, 0.25) is 0 Å². The summed E-state index contributed by atoms with van der Waals surface area (Å²) in [6.45, 7) is 9.36. The third-order valence-electron chi connectivity index (χ3n) is 3.87. The Hall–Kier alpha value is -1.24. The van der Waals surface area contributed by atoms with Crippen molar-refractivity contribution in [2.24, 2.45) is 12.0 Å². The number of ether oxygens (including phenoxy) is 1. The number of hydrogen-bond donors (Lipinski definition) is 2. The molecule has 23 heavy (non-hydrogen) atoms. The van der Waals surface area contributed by atoms with Crippen molar-refractivity contribution in [3.8, 4) is 0 Å². The molecule has 0 bridgehead atoms. The van der Waals surface area contributed by atoms with Gasteiger partial charge in [0.25, 0.3) is 0 Å². The zero-order valence-electron chi connectivity index (χ0n) is 14.1. The first-order valence-electron chi connectivity index (χ1n) is 8.32. The molecule has 1 fully saturated rings. The molecule has 6 nitrogen and oxygen atoms in total. The summed E-state index contributed by atoms with van der Waals surface area (Å²) in [7, 11) is 1.99. The monoisotopic (exact) mass is 341 g/mol. The van der Waals surface area contributed by atoms with E-state index in [0.717, 1.165) is 69.0 Å². The van der Waals surface area contributed by atoms with Gasteiger partial charge in [-0.1, -0.05) is 11.6 Å². The standard InChI is InChI=1S/C16H28ClN5O/c1-3-18-16(20-12-15-11-14(17)13-21(15)2)19-5-4-6-22-7-9-23-10-8-22/h11,13H,3-10,12H2,1-2H3,(H2,18,19,20). The quantitative estimate of drug-likeness (QED) is 0.448. The van der Waals surface area contributed by atoms with E-state index in [-0.39, 0.29) is 0 Å². The van der Waals surface area contributed by atoms with Crippen LogP contribution in [-0.2, 0) is 18.3 Å². The molecule has 130 valence electrons. The fourth-order valence-corrected chi connectivity index (χ4v) is 2.83. The predicted octanol–water partition coefficient (Wildman–Crippen LogP) is 1.46. The average molecular weight is 342 g/mol. The van der Waals surface area contributed by atoms with Crippen LogP contribution in [0.2, 0.25) is 5.02 Å². The third kappa shape index (κ3) is 6.41. The van der Waals surface area contributed by atoms with E-state index in [0.29, 0.717) is 6.54 Å². The van der Waals surface area contributed by atoms with E-state index >= 15 is 0 Å². The highest BCUT2D eigenvalue weighted by atomic mass is 35.5. The molecule has 0 unspecified atom stereocenters. The van der Waals surface area contributed by atoms with E-state index in [2.05, 4.69) is 27.4 Å². The number of nitrogens with zero attached hydrogens (tertiary/aromatic N) is 3. The lowest BCUT2D eigenvalue weighted by molar-refractivity contribution is 0.0376. The van der Waals surface area contributed by atoms with E-state index in [4.69, 9.17) is 16.3 Å². The Labute approximate surface area is 143 Å². The highest BCUT2D eigenvalue weighted by molar-refractivity contribution is 6.30. The number of halogens is 1. The molecular formula is C16H28ClN5O. The molecule has 1 saturated heterocycles. The van der Waals surface area contributed by atoms with E-state index in [1.165, 1.54) is 0 Å². The van der Waals surface area contributed by atoms with Gasteiger partial charge in [-0.25, -0.2) is 4.99 Å². The summed E-state index contributed by atoms with van der Waals surface area (Å²) in [5, 5.41) is 7.43. The fourth-order valence-electron chi connectivity index (χ4n) is 2.56. The van der Waals surface area contributed by atoms with E-state index < -0.39 is 0 Å². The van der Waals surface area contributed by atoms with Crippen LogP contribution in [0.3, 0.4) is 0 Å². The molecule has 0 atom stereocenters. The van der Waals surface area contributed by atoms with Gasteiger partial charge in [-0.15, -0.1) is 0 Å². The molecule has 0 aliphatic carbocycles.